The Kier molecular flexibility index (Phi) is 5.17. The van der Waals surface area contributed by atoms with Gasteiger partial charge in [0, 0.05) is 36.5 Å². The smallest absolute Gasteiger partial charge is 0.253 e. The van der Waals surface area contributed by atoms with Crippen LogP contribution in [-0.4, -0.2) is 35.3 Å². The summed E-state index contributed by atoms with van der Waals surface area (Å²) in [5, 5.41) is 0.553. The van der Waals surface area contributed by atoms with E-state index in [2.05, 4.69) is 20.8 Å². The van der Waals surface area contributed by atoms with E-state index in [-0.39, 0.29) is 17.1 Å². The maximum absolute atomic E-state index is 13.0. The maximum atomic E-state index is 13.0. The van der Waals surface area contributed by atoms with Crippen molar-refractivity contribution in [2.75, 3.05) is 13.1 Å². The van der Waals surface area contributed by atoms with Crippen molar-refractivity contribution in [3.63, 3.8) is 0 Å². The van der Waals surface area contributed by atoms with Gasteiger partial charge in [-0.25, -0.2) is 0 Å². The van der Waals surface area contributed by atoms with Gasteiger partial charge in [0.1, 0.15) is 11.4 Å². The molecule has 2 aromatic carbocycles. The number of nitrogens with zero attached hydrogens (tertiary/aromatic N) is 1. The molecule has 0 radical (unpaired) electrons. The number of halogens is 1. The minimum absolute atomic E-state index is 0.0378. The van der Waals surface area contributed by atoms with Crippen LogP contribution < -0.4 is 4.74 Å². The molecule has 2 aromatic rings. The first kappa shape index (κ1) is 20.9. The Labute approximate surface area is 183 Å². The molecule has 158 valence electrons. The quantitative estimate of drug-likeness (QED) is 0.598. The lowest BCUT2D eigenvalue weighted by molar-refractivity contribution is -0.00617. The molecule has 2 heterocycles. The molecule has 5 heteroatoms. The van der Waals surface area contributed by atoms with E-state index in [1.54, 1.807) is 6.07 Å². The predicted molar refractivity (Wildman–Crippen MR) is 119 cm³/mol. The summed E-state index contributed by atoms with van der Waals surface area (Å²) in [6.45, 7) is 9.55. The minimum atomic E-state index is -0.532. The van der Waals surface area contributed by atoms with E-state index < -0.39 is 5.60 Å². The van der Waals surface area contributed by atoms with Crippen LogP contribution in [0.3, 0.4) is 0 Å². The van der Waals surface area contributed by atoms with Crippen LogP contribution in [0.25, 0.3) is 0 Å². The molecule has 0 unspecified atom stereocenters. The van der Waals surface area contributed by atoms with Gasteiger partial charge >= 0.3 is 0 Å². The highest BCUT2D eigenvalue weighted by Crippen LogP contribution is 2.42. The number of amides is 1. The summed E-state index contributed by atoms with van der Waals surface area (Å²) in [5.41, 5.74) is 2.89. The van der Waals surface area contributed by atoms with Crippen molar-refractivity contribution in [3.05, 3.63) is 63.7 Å². The van der Waals surface area contributed by atoms with Crippen LogP contribution in [0.2, 0.25) is 5.02 Å². The lowest BCUT2D eigenvalue weighted by atomic mass is 9.81. The summed E-state index contributed by atoms with van der Waals surface area (Å²) in [6, 6.07) is 11.4. The fourth-order valence-corrected chi connectivity index (χ4v) is 4.68. The number of ether oxygens (including phenoxy) is 1. The van der Waals surface area contributed by atoms with E-state index in [1.807, 2.05) is 42.2 Å². The fraction of sp³-hybridized carbons (Fsp3) is 0.440. The molecule has 0 aliphatic carbocycles. The van der Waals surface area contributed by atoms with Gasteiger partial charge in [-0.2, -0.15) is 0 Å². The fourth-order valence-electron chi connectivity index (χ4n) is 4.40. The maximum Gasteiger partial charge on any atom is 0.253 e. The first-order valence-electron chi connectivity index (χ1n) is 10.5. The van der Waals surface area contributed by atoms with Gasteiger partial charge in [0.05, 0.1) is 12.0 Å². The first-order chi connectivity index (χ1) is 14.1. The lowest BCUT2D eigenvalue weighted by Gasteiger charge is -2.44. The van der Waals surface area contributed by atoms with Gasteiger partial charge in [-0.3, -0.25) is 9.59 Å². The van der Waals surface area contributed by atoms with Crippen molar-refractivity contribution in [2.45, 2.75) is 58.0 Å². The summed E-state index contributed by atoms with van der Waals surface area (Å²) in [6.07, 6.45) is 1.63. The second kappa shape index (κ2) is 7.42. The first-order valence-corrected chi connectivity index (χ1v) is 10.9. The molecular formula is C25H28ClNO3. The zero-order valence-corrected chi connectivity index (χ0v) is 18.8. The summed E-state index contributed by atoms with van der Waals surface area (Å²) >= 11 is 6.12. The van der Waals surface area contributed by atoms with Crippen LogP contribution in [0.5, 0.6) is 5.75 Å². The third-order valence-electron chi connectivity index (χ3n) is 6.30. The van der Waals surface area contributed by atoms with Crippen molar-refractivity contribution in [1.82, 2.24) is 4.90 Å². The normalized spacial score (nSPS) is 18.2. The Morgan fingerprint density at radius 3 is 2.33 bits per heavy atom. The Morgan fingerprint density at radius 2 is 1.73 bits per heavy atom. The van der Waals surface area contributed by atoms with Gasteiger partial charge in [0.15, 0.2) is 5.78 Å². The number of benzene rings is 2. The molecule has 1 fully saturated rings. The molecule has 1 saturated heterocycles. The number of piperidine rings is 1. The standard InChI is InChI=1S/C25H28ClNO3/c1-16-13-19(26)14-20-21(28)15-25(30-22(16)20)9-11-27(12-10-25)23(29)17-5-7-18(8-6-17)24(2,3)4/h5-8,13-14H,9-12,15H2,1-4H3. The topological polar surface area (TPSA) is 46.6 Å². The van der Waals surface area contributed by atoms with Crippen LogP contribution in [0.4, 0.5) is 0 Å². The van der Waals surface area contributed by atoms with Crippen LogP contribution in [-0.2, 0) is 5.41 Å². The van der Waals surface area contributed by atoms with Gasteiger partial charge in [0.2, 0.25) is 0 Å². The molecular weight excluding hydrogens is 398 g/mol. The number of fused-ring (bicyclic) bond motifs is 1. The Morgan fingerprint density at radius 1 is 1.10 bits per heavy atom. The Balaban J connectivity index is 1.47. The highest BCUT2D eigenvalue weighted by atomic mass is 35.5. The van der Waals surface area contributed by atoms with Crippen LogP contribution in [0.15, 0.2) is 36.4 Å². The molecule has 2 aliphatic rings. The molecule has 0 N–H and O–H groups in total. The molecule has 4 rings (SSSR count). The number of aryl methyl sites for hydroxylation is 1. The number of likely N-dealkylation sites (tertiary alicyclic amines) is 1. The van der Waals surface area contributed by atoms with Crippen LogP contribution in [0, 0.1) is 6.92 Å². The van der Waals surface area contributed by atoms with Gasteiger partial charge in [-0.15, -0.1) is 0 Å². The third-order valence-corrected chi connectivity index (χ3v) is 6.52. The summed E-state index contributed by atoms with van der Waals surface area (Å²) < 4.78 is 6.39. The highest BCUT2D eigenvalue weighted by Gasteiger charge is 2.44. The monoisotopic (exact) mass is 425 g/mol. The average Bonchev–Trinajstić information content (AvgIpc) is 2.69. The summed E-state index contributed by atoms with van der Waals surface area (Å²) in [7, 11) is 0. The minimum Gasteiger partial charge on any atom is -0.486 e. The molecule has 2 aliphatic heterocycles. The second-order valence-corrected chi connectivity index (χ2v) is 10.0. The molecule has 0 aromatic heterocycles. The molecule has 0 saturated carbocycles. The van der Waals surface area contributed by atoms with E-state index in [9.17, 15) is 9.59 Å². The number of ketones is 1. The Bertz CT molecular complexity index is 996. The number of Topliss-reactive ketones (excluding diaryl/α,β-unsaturated/α-hetero) is 1. The largest absolute Gasteiger partial charge is 0.486 e. The zero-order valence-electron chi connectivity index (χ0n) is 18.0. The molecule has 0 bridgehead atoms. The summed E-state index contributed by atoms with van der Waals surface area (Å²) in [4.78, 5) is 27.7. The number of carbonyl (C=O) groups is 2. The van der Waals surface area contributed by atoms with E-state index >= 15 is 0 Å². The van der Waals surface area contributed by atoms with E-state index in [4.69, 9.17) is 16.3 Å². The van der Waals surface area contributed by atoms with Gasteiger partial charge in [0.25, 0.3) is 5.91 Å². The van der Waals surface area contributed by atoms with Crippen molar-refractivity contribution in [3.8, 4) is 5.75 Å². The average molecular weight is 426 g/mol. The highest BCUT2D eigenvalue weighted by molar-refractivity contribution is 6.31. The van der Waals surface area contributed by atoms with Crippen LogP contribution >= 0.6 is 11.6 Å². The molecule has 4 nitrogen and oxygen atoms in total. The SMILES string of the molecule is Cc1cc(Cl)cc2c1OC1(CCN(C(=O)c3ccc(C(C)(C)C)cc3)CC1)CC2=O. The summed E-state index contributed by atoms with van der Waals surface area (Å²) in [5.74, 6) is 0.753. The van der Waals surface area contributed by atoms with Gasteiger partial charge in [-0.05, 0) is 47.7 Å². The van der Waals surface area contributed by atoms with Gasteiger partial charge in [-0.1, -0.05) is 44.5 Å². The number of rotatable bonds is 1. The van der Waals surface area contributed by atoms with Crippen molar-refractivity contribution in [1.29, 1.82) is 0 Å². The number of hydrogen-bond acceptors (Lipinski definition) is 3. The molecule has 0 atom stereocenters. The van der Waals surface area contributed by atoms with Crippen molar-refractivity contribution in [2.24, 2.45) is 0 Å². The van der Waals surface area contributed by atoms with Crippen molar-refractivity contribution < 1.29 is 14.3 Å². The van der Waals surface area contributed by atoms with Crippen LogP contribution in [0.1, 0.15) is 71.9 Å². The number of carbonyl (C=O) groups excluding carboxylic acids is 2. The van der Waals surface area contributed by atoms with E-state index in [0.717, 1.165) is 5.56 Å². The van der Waals surface area contributed by atoms with E-state index in [1.165, 1.54) is 5.56 Å². The van der Waals surface area contributed by atoms with E-state index in [0.29, 0.717) is 54.3 Å². The molecule has 1 amide bonds. The molecule has 1 spiro atoms. The zero-order chi connectivity index (χ0) is 21.7. The second-order valence-electron chi connectivity index (χ2n) is 9.60. The Hall–Kier alpha value is -2.33. The van der Waals surface area contributed by atoms with Crippen molar-refractivity contribution >= 4 is 23.3 Å². The van der Waals surface area contributed by atoms with Gasteiger partial charge < -0.3 is 9.64 Å². The predicted octanol–water partition coefficient (Wildman–Crippen LogP) is 5.59. The number of hydrogen-bond donors (Lipinski definition) is 0. The molecule has 30 heavy (non-hydrogen) atoms. The lowest BCUT2D eigenvalue weighted by Crippen LogP contribution is -2.52. The third kappa shape index (κ3) is 3.85.